The van der Waals surface area contributed by atoms with Gasteiger partial charge in [0.05, 0.1) is 19.3 Å². The molecule has 1 fully saturated rings. The largest absolute Gasteiger partial charge is 0.513 e. The zero-order valence-corrected chi connectivity index (χ0v) is 17.3. The summed E-state index contributed by atoms with van der Waals surface area (Å²) in [4.78, 5) is 30.5. The van der Waals surface area contributed by atoms with E-state index in [2.05, 4.69) is 5.32 Å². The minimum Gasteiger partial charge on any atom is -0.434 e. The molecule has 0 radical (unpaired) electrons. The molecular formula is C20H26BFN2O5. The molecule has 29 heavy (non-hydrogen) atoms. The third kappa shape index (κ3) is 4.02. The van der Waals surface area contributed by atoms with Gasteiger partial charge in [-0.15, -0.1) is 0 Å². The van der Waals surface area contributed by atoms with Gasteiger partial charge in [0.25, 0.3) is 5.91 Å². The van der Waals surface area contributed by atoms with E-state index in [1.54, 1.807) is 32.1 Å². The molecule has 0 unspecified atom stereocenters. The van der Waals surface area contributed by atoms with Gasteiger partial charge in [-0.1, -0.05) is 18.4 Å². The molecule has 2 aliphatic heterocycles. The number of hydrogen-bond acceptors (Lipinski definition) is 6. The van der Waals surface area contributed by atoms with E-state index in [1.807, 2.05) is 6.82 Å². The highest BCUT2D eigenvalue weighted by Crippen LogP contribution is 2.41. The Bertz CT molecular complexity index is 850. The third-order valence-electron chi connectivity index (χ3n) is 5.61. The molecule has 2 aliphatic rings. The molecule has 1 amide bonds. The van der Waals surface area contributed by atoms with E-state index < -0.39 is 17.5 Å². The molecule has 1 saturated heterocycles. The topological polar surface area (TPSA) is 77.1 Å². The maximum Gasteiger partial charge on any atom is 0.513 e. The van der Waals surface area contributed by atoms with Crippen molar-refractivity contribution in [3.63, 3.8) is 0 Å². The van der Waals surface area contributed by atoms with Crippen molar-refractivity contribution in [1.29, 1.82) is 0 Å². The minimum absolute atomic E-state index is 0.145. The molecule has 0 bridgehead atoms. The van der Waals surface area contributed by atoms with Crippen LogP contribution in [0.15, 0.2) is 17.9 Å². The molecule has 2 heterocycles. The Hall–Kier alpha value is -2.39. The van der Waals surface area contributed by atoms with E-state index in [4.69, 9.17) is 14.3 Å². The highest BCUT2D eigenvalue weighted by molar-refractivity contribution is 6.52. The molecule has 3 rings (SSSR count). The zero-order chi connectivity index (χ0) is 21.2. The van der Waals surface area contributed by atoms with Gasteiger partial charge < -0.3 is 19.6 Å². The summed E-state index contributed by atoms with van der Waals surface area (Å²) in [5, 5.41) is 4.77. The van der Waals surface area contributed by atoms with Crippen LogP contribution in [-0.2, 0) is 19.1 Å². The van der Waals surface area contributed by atoms with Crippen LogP contribution >= 0.6 is 0 Å². The number of benzene rings is 1. The highest BCUT2D eigenvalue weighted by atomic mass is 19.1. The summed E-state index contributed by atoms with van der Waals surface area (Å²) in [7, 11) is 2.20. The van der Waals surface area contributed by atoms with E-state index in [-0.39, 0.29) is 23.8 Å². The molecule has 0 aromatic heterocycles. The SMILES string of the molecule is CBc1cc(F)c(C)c(C2=C(OC(=O)OCC)C3(CCN(OC)CC3)NC2=O)c1. The molecule has 0 aliphatic carbocycles. The average Bonchev–Trinajstić information content (AvgIpc) is 2.95. The van der Waals surface area contributed by atoms with Crippen LogP contribution < -0.4 is 10.8 Å². The van der Waals surface area contributed by atoms with Gasteiger partial charge in [-0.3, -0.25) is 4.79 Å². The van der Waals surface area contributed by atoms with Gasteiger partial charge in [-0.05, 0) is 43.9 Å². The van der Waals surface area contributed by atoms with Gasteiger partial charge in [0.15, 0.2) is 13.0 Å². The summed E-state index contributed by atoms with van der Waals surface area (Å²) in [6.45, 7) is 6.43. The van der Waals surface area contributed by atoms with Gasteiger partial charge >= 0.3 is 6.16 Å². The van der Waals surface area contributed by atoms with Gasteiger partial charge in [0.2, 0.25) is 0 Å². The Labute approximate surface area is 170 Å². The van der Waals surface area contributed by atoms with Crippen molar-refractivity contribution < 1.29 is 28.3 Å². The third-order valence-corrected chi connectivity index (χ3v) is 5.61. The van der Waals surface area contributed by atoms with Gasteiger partial charge in [-0.25, -0.2) is 9.18 Å². The second-order valence-electron chi connectivity index (χ2n) is 7.24. The number of nitrogens with one attached hydrogen (secondary N) is 1. The lowest BCUT2D eigenvalue weighted by Crippen LogP contribution is -2.53. The van der Waals surface area contributed by atoms with E-state index >= 15 is 0 Å². The van der Waals surface area contributed by atoms with Gasteiger partial charge in [0, 0.05) is 13.1 Å². The number of halogens is 1. The Morgan fingerprint density at radius 2 is 2.03 bits per heavy atom. The van der Waals surface area contributed by atoms with Crippen molar-refractivity contribution in [1.82, 2.24) is 10.4 Å². The average molecular weight is 404 g/mol. The molecule has 156 valence electrons. The monoisotopic (exact) mass is 404 g/mol. The Morgan fingerprint density at radius 1 is 1.34 bits per heavy atom. The van der Waals surface area contributed by atoms with E-state index in [0.717, 1.165) is 5.46 Å². The second-order valence-corrected chi connectivity index (χ2v) is 7.24. The molecule has 1 aromatic rings. The molecule has 0 atom stereocenters. The summed E-state index contributed by atoms with van der Waals surface area (Å²) >= 11 is 0. The number of hydroxylamine groups is 2. The van der Waals surface area contributed by atoms with Gasteiger partial charge in [0.1, 0.15) is 11.4 Å². The van der Waals surface area contributed by atoms with E-state index in [9.17, 15) is 14.0 Å². The number of ether oxygens (including phenoxy) is 2. The van der Waals surface area contributed by atoms with Crippen molar-refractivity contribution in [2.24, 2.45) is 0 Å². The number of piperidine rings is 1. The normalized spacial score (nSPS) is 18.7. The molecule has 7 nitrogen and oxygen atoms in total. The highest BCUT2D eigenvalue weighted by Gasteiger charge is 2.50. The van der Waals surface area contributed by atoms with Crippen LogP contribution in [0.1, 0.15) is 30.9 Å². The Kier molecular flexibility index (Phi) is 6.28. The summed E-state index contributed by atoms with van der Waals surface area (Å²) < 4.78 is 25.1. The molecule has 1 N–H and O–H groups in total. The first-order valence-corrected chi connectivity index (χ1v) is 9.85. The van der Waals surface area contributed by atoms with Gasteiger partial charge in [-0.2, -0.15) is 5.06 Å². The smallest absolute Gasteiger partial charge is 0.434 e. The van der Waals surface area contributed by atoms with Crippen LogP contribution in [0.3, 0.4) is 0 Å². The summed E-state index contributed by atoms with van der Waals surface area (Å²) in [5.74, 6) is -0.580. The second kappa shape index (κ2) is 8.55. The van der Waals surface area contributed by atoms with Crippen molar-refractivity contribution in [2.75, 3.05) is 26.8 Å². The standard InChI is InChI=1S/C20H26BFN2O5/c1-5-28-19(26)29-17-16(14-10-13(21-3)11-15(22)12(14)2)18(25)23-20(17)6-8-24(27-4)9-7-20/h10-11,21H,5-9H2,1-4H3,(H,23,25). The van der Waals surface area contributed by atoms with Crippen LogP contribution in [0, 0.1) is 12.7 Å². The van der Waals surface area contributed by atoms with Crippen LogP contribution in [0.5, 0.6) is 0 Å². The van der Waals surface area contributed by atoms with E-state index in [1.165, 1.54) is 6.07 Å². The first-order chi connectivity index (χ1) is 13.8. The number of carbonyl (C=O) groups is 2. The number of nitrogens with zero attached hydrogens (tertiary/aromatic N) is 1. The Balaban J connectivity index is 2.13. The number of amides is 1. The molecular weight excluding hydrogens is 378 g/mol. The van der Waals surface area contributed by atoms with Crippen molar-refractivity contribution in [2.45, 2.75) is 39.1 Å². The molecule has 1 aromatic carbocycles. The molecule has 1 spiro atoms. The summed E-state index contributed by atoms with van der Waals surface area (Å²) in [5.41, 5.74) is 0.859. The van der Waals surface area contributed by atoms with Crippen LogP contribution in [-0.4, -0.2) is 56.8 Å². The fourth-order valence-corrected chi connectivity index (χ4v) is 3.90. The van der Waals surface area contributed by atoms with Crippen LogP contribution in [0.25, 0.3) is 5.57 Å². The fourth-order valence-electron chi connectivity index (χ4n) is 3.90. The van der Waals surface area contributed by atoms with Crippen LogP contribution in [0.4, 0.5) is 9.18 Å². The maximum atomic E-state index is 14.5. The Morgan fingerprint density at radius 3 is 2.62 bits per heavy atom. The van der Waals surface area contributed by atoms with Crippen LogP contribution in [0.2, 0.25) is 6.82 Å². The molecule has 0 saturated carbocycles. The maximum absolute atomic E-state index is 14.5. The van der Waals surface area contributed by atoms with Crippen molar-refractivity contribution in [3.8, 4) is 0 Å². The lowest BCUT2D eigenvalue weighted by atomic mass is 9.72. The van der Waals surface area contributed by atoms with Crippen molar-refractivity contribution in [3.05, 3.63) is 34.8 Å². The minimum atomic E-state index is -0.880. The first kappa shape index (κ1) is 21.3. The fraction of sp³-hybridized carbons (Fsp3) is 0.500. The number of rotatable bonds is 5. The summed E-state index contributed by atoms with van der Waals surface area (Å²) in [6.07, 6.45) is 0.0921. The predicted molar refractivity (Wildman–Crippen MR) is 108 cm³/mol. The zero-order valence-electron chi connectivity index (χ0n) is 17.3. The number of carbonyl (C=O) groups excluding carboxylic acids is 2. The first-order valence-electron chi connectivity index (χ1n) is 9.85. The lowest BCUT2D eigenvalue weighted by Gasteiger charge is -2.38. The predicted octanol–water partition coefficient (Wildman–Crippen LogP) is 1.65. The quantitative estimate of drug-likeness (QED) is 0.594. The molecule has 9 heteroatoms. The lowest BCUT2D eigenvalue weighted by molar-refractivity contribution is -0.152. The number of hydrogen-bond donors (Lipinski definition) is 1. The van der Waals surface area contributed by atoms with E-state index in [0.29, 0.717) is 44.3 Å². The summed E-state index contributed by atoms with van der Waals surface area (Å²) in [6, 6.07) is 3.25. The van der Waals surface area contributed by atoms with Crippen molar-refractivity contribution >= 4 is 30.4 Å².